The van der Waals surface area contributed by atoms with Crippen LogP contribution in [0.15, 0.2) is 33.6 Å². The molecule has 0 N–H and O–H groups in total. The normalized spacial score (nSPS) is 17.5. The molecule has 2 heterocycles. The van der Waals surface area contributed by atoms with E-state index in [0.29, 0.717) is 50.8 Å². The van der Waals surface area contributed by atoms with Crippen LogP contribution in [-0.2, 0) is 23.0 Å². The van der Waals surface area contributed by atoms with E-state index >= 15 is 0 Å². The molecule has 1 fully saturated rings. The van der Waals surface area contributed by atoms with Gasteiger partial charge < -0.3 is 4.42 Å². The SMILES string of the molecule is CCc1nnc(CN2CCCN(S(=O)(=O)c3ccc(F)cc3)CC2)o1. The lowest BCUT2D eigenvalue weighted by molar-refractivity contribution is 0.247. The van der Waals surface area contributed by atoms with Crippen LogP contribution in [0.1, 0.15) is 25.1 Å². The summed E-state index contributed by atoms with van der Waals surface area (Å²) in [5, 5.41) is 7.95. The van der Waals surface area contributed by atoms with E-state index in [2.05, 4.69) is 15.1 Å². The molecule has 0 aliphatic carbocycles. The van der Waals surface area contributed by atoms with Crippen molar-refractivity contribution in [3.05, 3.63) is 41.9 Å². The number of halogens is 1. The van der Waals surface area contributed by atoms with E-state index in [1.807, 2.05) is 6.92 Å². The number of aromatic nitrogens is 2. The molecule has 0 amide bonds. The molecule has 9 heteroatoms. The van der Waals surface area contributed by atoms with Gasteiger partial charge in [0.15, 0.2) is 0 Å². The van der Waals surface area contributed by atoms with Gasteiger partial charge in [0.1, 0.15) is 5.82 Å². The summed E-state index contributed by atoms with van der Waals surface area (Å²) in [6.07, 6.45) is 1.39. The molecular formula is C16H21FN4O3S. The van der Waals surface area contributed by atoms with Gasteiger partial charge in [0.25, 0.3) is 0 Å². The molecule has 1 saturated heterocycles. The number of sulfonamides is 1. The highest BCUT2D eigenvalue weighted by atomic mass is 32.2. The lowest BCUT2D eigenvalue weighted by Crippen LogP contribution is -2.35. The van der Waals surface area contributed by atoms with E-state index in [1.54, 1.807) is 0 Å². The summed E-state index contributed by atoms with van der Waals surface area (Å²) in [7, 11) is -3.61. The molecule has 0 saturated carbocycles. The fourth-order valence-corrected chi connectivity index (χ4v) is 4.26. The average molecular weight is 368 g/mol. The molecule has 25 heavy (non-hydrogen) atoms. The maximum Gasteiger partial charge on any atom is 0.243 e. The number of nitrogens with zero attached hydrogens (tertiary/aromatic N) is 4. The average Bonchev–Trinajstić information content (AvgIpc) is 2.91. The maximum atomic E-state index is 13.0. The van der Waals surface area contributed by atoms with Gasteiger partial charge in [0, 0.05) is 26.1 Å². The molecule has 1 aromatic carbocycles. The Bertz CT molecular complexity index is 807. The van der Waals surface area contributed by atoms with Crippen molar-refractivity contribution in [1.82, 2.24) is 19.4 Å². The highest BCUT2D eigenvalue weighted by molar-refractivity contribution is 7.89. The van der Waals surface area contributed by atoms with Crippen molar-refractivity contribution in [2.45, 2.75) is 31.2 Å². The van der Waals surface area contributed by atoms with Gasteiger partial charge >= 0.3 is 0 Å². The van der Waals surface area contributed by atoms with Crippen LogP contribution in [0.3, 0.4) is 0 Å². The summed E-state index contributed by atoms with van der Waals surface area (Å²) >= 11 is 0. The van der Waals surface area contributed by atoms with Gasteiger partial charge in [-0.2, -0.15) is 4.31 Å². The second-order valence-electron chi connectivity index (χ2n) is 5.93. The molecular weight excluding hydrogens is 347 g/mol. The third-order valence-corrected chi connectivity index (χ3v) is 6.08. The second kappa shape index (κ2) is 7.59. The van der Waals surface area contributed by atoms with Crippen LogP contribution in [0.2, 0.25) is 0 Å². The minimum atomic E-state index is -3.61. The summed E-state index contributed by atoms with van der Waals surface area (Å²) < 4.78 is 45.4. The lowest BCUT2D eigenvalue weighted by Gasteiger charge is -2.21. The highest BCUT2D eigenvalue weighted by Crippen LogP contribution is 2.18. The van der Waals surface area contributed by atoms with Crippen LogP contribution in [0.25, 0.3) is 0 Å². The van der Waals surface area contributed by atoms with Crippen molar-refractivity contribution in [2.75, 3.05) is 26.2 Å². The Kier molecular flexibility index (Phi) is 5.45. The summed E-state index contributed by atoms with van der Waals surface area (Å²) in [4.78, 5) is 2.22. The number of aryl methyl sites for hydroxylation is 1. The van der Waals surface area contributed by atoms with Gasteiger partial charge in [0.05, 0.1) is 11.4 Å². The van der Waals surface area contributed by atoms with E-state index in [1.165, 1.54) is 16.4 Å². The van der Waals surface area contributed by atoms with Crippen LogP contribution in [0.5, 0.6) is 0 Å². The topological polar surface area (TPSA) is 79.5 Å². The minimum absolute atomic E-state index is 0.117. The van der Waals surface area contributed by atoms with Crippen molar-refractivity contribution in [1.29, 1.82) is 0 Å². The van der Waals surface area contributed by atoms with Crippen LogP contribution in [-0.4, -0.2) is 54.0 Å². The monoisotopic (exact) mass is 368 g/mol. The van der Waals surface area contributed by atoms with Crippen LogP contribution < -0.4 is 0 Å². The number of hydrogen-bond donors (Lipinski definition) is 0. The van der Waals surface area contributed by atoms with Crippen molar-refractivity contribution >= 4 is 10.0 Å². The lowest BCUT2D eigenvalue weighted by atomic mass is 10.4. The molecule has 0 bridgehead atoms. The van der Waals surface area contributed by atoms with E-state index in [9.17, 15) is 12.8 Å². The Labute approximate surface area is 146 Å². The smallest absolute Gasteiger partial charge is 0.243 e. The summed E-state index contributed by atoms with van der Waals surface area (Å²) in [5.41, 5.74) is 0. The predicted octanol–water partition coefficient (Wildman–Crippen LogP) is 1.67. The Balaban J connectivity index is 1.65. The first-order valence-electron chi connectivity index (χ1n) is 8.28. The van der Waals surface area contributed by atoms with Gasteiger partial charge in [-0.3, -0.25) is 4.90 Å². The number of benzene rings is 1. The largest absolute Gasteiger partial charge is 0.424 e. The molecule has 1 aromatic heterocycles. The van der Waals surface area contributed by atoms with Crippen molar-refractivity contribution in [3.8, 4) is 0 Å². The zero-order chi connectivity index (χ0) is 17.9. The molecule has 0 atom stereocenters. The first kappa shape index (κ1) is 18.0. The molecule has 1 aliphatic rings. The van der Waals surface area contributed by atoms with E-state index < -0.39 is 15.8 Å². The Morgan fingerprint density at radius 2 is 1.80 bits per heavy atom. The zero-order valence-corrected chi connectivity index (χ0v) is 14.9. The summed E-state index contributed by atoms with van der Waals surface area (Å²) in [6, 6.07) is 4.94. The van der Waals surface area contributed by atoms with Crippen LogP contribution in [0.4, 0.5) is 4.39 Å². The molecule has 3 rings (SSSR count). The van der Waals surface area contributed by atoms with E-state index in [0.717, 1.165) is 18.7 Å². The van der Waals surface area contributed by atoms with Gasteiger partial charge in [-0.1, -0.05) is 6.92 Å². The van der Waals surface area contributed by atoms with Gasteiger partial charge in [-0.25, -0.2) is 12.8 Å². The Morgan fingerprint density at radius 1 is 1.08 bits per heavy atom. The molecule has 1 aliphatic heterocycles. The summed E-state index contributed by atoms with van der Waals surface area (Å²) in [5.74, 6) is 0.698. The molecule has 0 spiro atoms. The zero-order valence-electron chi connectivity index (χ0n) is 14.1. The highest BCUT2D eigenvalue weighted by Gasteiger charge is 2.27. The number of hydrogen-bond acceptors (Lipinski definition) is 6. The third kappa shape index (κ3) is 4.23. The molecule has 136 valence electrons. The van der Waals surface area contributed by atoms with E-state index in [-0.39, 0.29) is 4.90 Å². The van der Waals surface area contributed by atoms with Crippen molar-refractivity contribution in [3.63, 3.8) is 0 Å². The van der Waals surface area contributed by atoms with Crippen LogP contribution in [0, 0.1) is 5.82 Å². The molecule has 0 unspecified atom stereocenters. The molecule has 7 nitrogen and oxygen atoms in total. The van der Waals surface area contributed by atoms with Crippen molar-refractivity contribution in [2.24, 2.45) is 0 Å². The first-order chi connectivity index (χ1) is 12.0. The van der Waals surface area contributed by atoms with Crippen LogP contribution >= 0.6 is 0 Å². The summed E-state index contributed by atoms with van der Waals surface area (Å²) in [6.45, 7) is 4.58. The predicted molar refractivity (Wildman–Crippen MR) is 88.7 cm³/mol. The third-order valence-electron chi connectivity index (χ3n) is 4.17. The fourth-order valence-electron chi connectivity index (χ4n) is 2.79. The quantitative estimate of drug-likeness (QED) is 0.799. The first-order valence-corrected chi connectivity index (χ1v) is 9.72. The van der Waals surface area contributed by atoms with Gasteiger partial charge in [-0.05, 0) is 37.2 Å². The van der Waals surface area contributed by atoms with Gasteiger partial charge in [-0.15, -0.1) is 10.2 Å². The Morgan fingerprint density at radius 3 is 2.48 bits per heavy atom. The molecule has 2 aromatic rings. The second-order valence-corrected chi connectivity index (χ2v) is 7.87. The fraction of sp³-hybridized carbons (Fsp3) is 0.500. The van der Waals surface area contributed by atoms with Crippen molar-refractivity contribution < 1.29 is 17.2 Å². The minimum Gasteiger partial charge on any atom is -0.424 e. The van der Waals surface area contributed by atoms with Gasteiger partial charge in [0.2, 0.25) is 21.8 Å². The number of rotatable bonds is 5. The molecule has 0 radical (unpaired) electrons. The standard InChI is InChI=1S/C16H21FN4O3S/c1-2-15-18-19-16(24-15)12-20-8-3-9-21(11-10-20)25(22,23)14-6-4-13(17)5-7-14/h4-7H,2-3,8-12H2,1H3. The van der Waals surface area contributed by atoms with E-state index in [4.69, 9.17) is 4.42 Å². The Hall–Kier alpha value is -1.84. The maximum absolute atomic E-state index is 13.0.